The zero-order valence-corrected chi connectivity index (χ0v) is 18.6. The molecule has 1 heterocycles. The van der Waals surface area contributed by atoms with Gasteiger partial charge < -0.3 is 0 Å². The molecule has 3 aromatic carbocycles. The molecule has 1 aliphatic heterocycles. The van der Waals surface area contributed by atoms with E-state index in [0.717, 1.165) is 17.9 Å². The molecule has 0 amide bonds. The molecule has 2 atom stereocenters. The van der Waals surface area contributed by atoms with Gasteiger partial charge in [-0.1, -0.05) is 72.3 Å². The standard InChI is InChI=1S/C29H28ClN/c30-23-8-5-6-20(19-23)18-22-11-13-27-26-12-10-21-7-1-2-9-24(21)25(26)14-15-28(27)29(22)31-16-3-4-17-31/h1-2,5-13,19,22,29H,3-4,14-18H2. The maximum atomic E-state index is 6.30. The lowest BCUT2D eigenvalue weighted by Crippen LogP contribution is -2.42. The molecule has 2 unspecified atom stereocenters. The smallest absolute Gasteiger partial charge is 0.0408 e. The van der Waals surface area contributed by atoms with E-state index in [1.54, 1.807) is 5.57 Å². The van der Waals surface area contributed by atoms with Gasteiger partial charge in [0, 0.05) is 17.0 Å². The minimum Gasteiger partial charge on any atom is -0.296 e. The van der Waals surface area contributed by atoms with Crippen molar-refractivity contribution in [2.24, 2.45) is 5.92 Å². The van der Waals surface area contributed by atoms with Crippen LogP contribution in [0.4, 0.5) is 0 Å². The quantitative estimate of drug-likeness (QED) is 0.433. The fraction of sp³-hybridized carbons (Fsp3) is 0.310. The van der Waals surface area contributed by atoms with Gasteiger partial charge in [-0.2, -0.15) is 0 Å². The van der Waals surface area contributed by atoms with Crippen molar-refractivity contribution < 1.29 is 0 Å². The van der Waals surface area contributed by atoms with Crippen molar-refractivity contribution in [3.63, 3.8) is 0 Å². The second-order valence-corrected chi connectivity index (χ2v) is 9.73. The number of hydrogen-bond acceptors (Lipinski definition) is 1. The molecule has 1 fully saturated rings. The van der Waals surface area contributed by atoms with Crippen LogP contribution in [0.2, 0.25) is 5.02 Å². The van der Waals surface area contributed by atoms with Crippen LogP contribution in [0.25, 0.3) is 16.3 Å². The molecule has 0 spiro atoms. The van der Waals surface area contributed by atoms with Crippen molar-refractivity contribution in [3.05, 3.63) is 100 Å². The van der Waals surface area contributed by atoms with E-state index >= 15 is 0 Å². The molecule has 0 bridgehead atoms. The first-order valence-electron chi connectivity index (χ1n) is 11.7. The molecule has 1 saturated heterocycles. The summed E-state index contributed by atoms with van der Waals surface area (Å²) in [7, 11) is 0. The average molecular weight is 426 g/mol. The van der Waals surface area contributed by atoms with E-state index in [4.69, 9.17) is 11.6 Å². The molecule has 0 saturated carbocycles. The molecule has 3 aliphatic rings. The Morgan fingerprint density at radius 1 is 0.903 bits per heavy atom. The number of benzene rings is 3. The Hall–Kier alpha value is -2.35. The molecule has 0 aromatic heterocycles. The monoisotopic (exact) mass is 425 g/mol. The second-order valence-electron chi connectivity index (χ2n) is 9.30. The zero-order valence-electron chi connectivity index (χ0n) is 17.9. The fourth-order valence-corrected chi connectivity index (χ4v) is 6.35. The highest BCUT2D eigenvalue weighted by atomic mass is 35.5. The van der Waals surface area contributed by atoms with E-state index in [9.17, 15) is 0 Å². The van der Waals surface area contributed by atoms with Crippen LogP contribution in [0, 0.1) is 5.92 Å². The number of likely N-dealkylation sites (tertiary alicyclic amines) is 1. The largest absolute Gasteiger partial charge is 0.296 e. The highest BCUT2D eigenvalue weighted by molar-refractivity contribution is 6.30. The number of rotatable bonds is 3. The highest BCUT2D eigenvalue weighted by Gasteiger charge is 2.36. The molecule has 3 aromatic rings. The Morgan fingerprint density at radius 3 is 2.65 bits per heavy atom. The number of allylic oxidation sites excluding steroid dienone is 2. The van der Waals surface area contributed by atoms with Gasteiger partial charge in [0.05, 0.1) is 0 Å². The zero-order chi connectivity index (χ0) is 20.8. The van der Waals surface area contributed by atoms with Crippen LogP contribution in [-0.2, 0) is 12.8 Å². The summed E-state index contributed by atoms with van der Waals surface area (Å²) in [5.41, 5.74) is 7.50. The van der Waals surface area contributed by atoms with Crippen molar-refractivity contribution in [1.82, 2.24) is 4.90 Å². The summed E-state index contributed by atoms with van der Waals surface area (Å²) >= 11 is 6.30. The lowest BCUT2D eigenvalue weighted by Gasteiger charge is -2.41. The predicted molar refractivity (Wildman–Crippen MR) is 132 cm³/mol. The fourth-order valence-electron chi connectivity index (χ4n) is 6.14. The van der Waals surface area contributed by atoms with Crippen molar-refractivity contribution >= 4 is 27.9 Å². The van der Waals surface area contributed by atoms with Crippen LogP contribution in [0.3, 0.4) is 0 Å². The summed E-state index contributed by atoms with van der Waals surface area (Å²) < 4.78 is 0. The van der Waals surface area contributed by atoms with E-state index in [0.29, 0.717) is 12.0 Å². The summed E-state index contributed by atoms with van der Waals surface area (Å²) in [5.74, 6) is 0.511. The van der Waals surface area contributed by atoms with Crippen LogP contribution < -0.4 is 0 Å². The van der Waals surface area contributed by atoms with E-state index in [-0.39, 0.29) is 0 Å². The van der Waals surface area contributed by atoms with Crippen molar-refractivity contribution in [3.8, 4) is 0 Å². The first kappa shape index (κ1) is 19.3. The van der Waals surface area contributed by atoms with Crippen molar-refractivity contribution in [2.45, 2.75) is 38.1 Å². The molecule has 156 valence electrons. The van der Waals surface area contributed by atoms with Crippen LogP contribution >= 0.6 is 11.6 Å². The Morgan fingerprint density at radius 2 is 1.77 bits per heavy atom. The maximum absolute atomic E-state index is 6.30. The van der Waals surface area contributed by atoms with Gasteiger partial charge in [0.15, 0.2) is 0 Å². The topological polar surface area (TPSA) is 3.24 Å². The predicted octanol–water partition coefficient (Wildman–Crippen LogP) is 7.09. The molecular formula is C29H28ClN. The summed E-state index contributed by atoms with van der Waals surface area (Å²) in [6.45, 7) is 2.46. The SMILES string of the molecule is Clc1cccc(CC2C=CC3=C(CCc4c3ccc3ccccc43)C2N2CCCC2)c1. The van der Waals surface area contributed by atoms with Gasteiger partial charge in [-0.3, -0.25) is 4.90 Å². The molecule has 31 heavy (non-hydrogen) atoms. The van der Waals surface area contributed by atoms with Crippen LogP contribution in [0.15, 0.2) is 78.4 Å². The minimum atomic E-state index is 0.511. The number of nitrogens with zero attached hydrogens (tertiary/aromatic N) is 1. The minimum absolute atomic E-state index is 0.511. The van der Waals surface area contributed by atoms with Crippen molar-refractivity contribution in [2.75, 3.05) is 13.1 Å². The Balaban J connectivity index is 1.43. The Bertz CT molecular complexity index is 1200. The number of halogens is 1. The summed E-state index contributed by atoms with van der Waals surface area (Å²) in [5, 5.41) is 3.63. The van der Waals surface area contributed by atoms with E-state index in [2.05, 4.69) is 71.6 Å². The molecule has 0 N–H and O–H groups in total. The first-order valence-corrected chi connectivity index (χ1v) is 12.1. The average Bonchev–Trinajstić information content (AvgIpc) is 3.33. The molecule has 6 rings (SSSR count). The van der Waals surface area contributed by atoms with E-state index < -0.39 is 0 Å². The third-order valence-corrected chi connectivity index (χ3v) is 7.72. The van der Waals surface area contributed by atoms with Crippen LogP contribution in [-0.4, -0.2) is 24.0 Å². The summed E-state index contributed by atoms with van der Waals surface area (Å²) in [6.07, 6.45) is 11.0. The number of fused-ring (bicyclic) bond motifs is 4. The summed E-state index contributed by atoms with van der Waals surface area (Å²) in [4.78, 5) is 2.76. The van der Waals surface area contributed by atoms with Crippen LogP contribution in [0.1, 0.15) is 36.0 Å². The molecular weight excluding hydrogens is 398 g/mol. The summed E-state index contributed by atoms with van der Waals surface area (Å²) in [6, 6.07) is 22.5. The Kier molecular flexibility index (Phi) is 4.97. The van der Waals surface area contributed by atoms with Gasteiger partial charge in [0.25, 0.3) is 0 Å². The maximum Gasteiger partial charge on any atom is 0.0408 e. The normalized spacial score (nSPS) is 23.3. The van der Waals surface area contributed by atoms with E-state index in [1.807, 2.05) is 6.07 Å². The second kappa shape index (κ2) is 7.97. The van der Waals surface area contributed by atoms with Gasteiger partial charge in [-0.05, 0) is 95.9 Å². The van der Waals surface area contributed by atoms with Crippen molar-refractivity contribution in [1.29, 1.82) is 0 Å². The molecule has 2 heteroatoms. The number of aryl methyl sites for hydroxylation is 1. The first-order chi connectivity index (χ1) is 15.3. The molecule has 2 aliphatic carbocycles. The lowest BCUT2D eigenvalue weighted by molar-refractivity contribution is 0.221. The van der Waals surface area contributed by atoms with Gasteiger partial charge >= 0.3 is 0 Å². The third kappa shape index (κ3) is 3.45. The van der Waals surface area contributed by atoms with Gasteiger partial charge in [0.1, 0.15) is 0 Å². The van der Waals surface area contributed by atoms with Gasteiger partial charge in [-0.25, -0.2) is 0 Å². The lowest BCUT2D eigenvalue weighted by atomic mass is 9.73. The number of hydrogen-bond donors (Lipinski definition) is 0. The third-order valence-electron chi connectivity index (χ3n) is 7.49. The highest BCUT2D eigenvalue weighted by Crippen LogP contribution is 2.44. The molecule has 0 radical (unpaired) electrons. The van der Waals surface area contributed by atoms with Gasteiger partial charge in [0.2, 0.25) is 0 Å². The van der Waals surface area contributed by atoms with Gasteiger partial charge in [-0.15, -0.1) is 0 Å². The van der Waals surface area contributed by atoms with E-state index in [1.165, 1.54) is 65.4 Å². The van der Waals surface area contributed by atoms with Crippen LogP contribution in [0.5, 0.6) is 0 Å². The molecule has 1 nitrogen and oxygen atoms in total. The Labute approximate surface area is 190 Å².